The summed E-state index contributed by atoms with van der Waals surface area (Å²) in [4.78, 5) is 36.6. The van der Waals surface area contributed by atoms with Crippen molar-refractivity contribution in [3.05, 3.63) is 94.0 Å². The molecule has 4 rings (SSSR count). The van der Waals surface area contributed by atoms with Gasteiger partial charge in [-0.2, -0.15) is 0 Å². The van der Waals surface area contributed by atoms with Crippen LogP contribution in [0.1, 0.15) is 20.7 Å². The maximum absolute atomic E-state index is 12.6. The third kappa shape index (κ3) is 2.91. The molecular weight excluding hydrogens is 346 g/mol. The van der Waals surface area contributed by atoms with Gasteiger partial charge in [0.05, 0.1) is 21.7 Å². The van der Waals surface area contributed by atoms with E-state index >= 15 is 0 Å². The molecule has 7 nitrogen and oxygen atoms in total. The number of nitrogens with zero attached hydrogens (tertiary/aromatic N) is 2. The van der Waals surface area contributed by atoms with Gasteiger partial charge < -0.3 is 5.32 Å². The number of nitrogens with one attached hydrogen (secondary N) is 1. The van der Waals surface area contributed by atoms with Crippen LogP contribution in [0, 0.1) is 10.1 Å². The lowest BCUT2D eigenvalue weighted by Crippen LogP contribution is -2.29. The standard InChI is InChI=1S/C20H13N3O4/c24-19-17-11-10-16(23(26)27)12-18(17)20(25)22(19)15-8-6-14(7-9-15)21-13-4-2-1-3-5-13/h1-12,21H. The predicted octanol–water partition coefficient (Wildman–Crippen LogP) is 4.14. The molecule has 132 valence electrons. The monoisotopic (exact) mass is 359 g/mol. The van der Waals surface area contributed by atoms with Crippen LogP contribution >= 0.6 is 0 Å². The average Bonchev–Trinajstić information content (AvgIpc) is 2.93. The Hall–Kier alpha value is -4.00. The predicted molar refractivity (Wildman–Crippen MR) is 100 cm³/mol. The second kappa shape index (κ2) is 6.38. The first kappa shape index (κ1) is 16.5. The fourth-order valence-electron chi connectivity index (χ4n) is 2.96. The molecule has 1 N–H and O–H groups in total. The number of nitro benzene ring substituents is 1. The molecule has 0 fully saturated rings. The van der Waals surface area contributed by atoms with E-state index in [-0.39, 0.29) is 16.8 Å². The maximum atomic E-state index is 12.6. The Labute approximate surface area is 154 Å². The number of carbonyl (C=O) groups is 2. The molecule has 0 aromatic heterocycles. The van der Waals surface area contributed by atoms with E-state index < -0.39 is 16.7 Å². The van der Waals surface area contributed by atoms with Gasteiger partial charge in [-0.25, -0.2) is 4.90 Å². The Morgan fingerprint density at radius 2 is 1.41 bits per heavy atom. The molecule has 0 spiro atoms. The summed E-state index contributed by atoms with van der Waals surface area (Å²) in [5, 5.41) is 14.1. The van der Waals surface area contributed by atoms with Gasteiger partial charge in [0.25, 0.3) is 17.5 Å². The molecule has 3 aromatic carbocycles. The van der Waals surface area contributed by atoms with Crippen molar-refractivity contribution in [2.45, 2.75) is 0 Å². The van der Waals surface area contributed by atoms with Crippen molar-refractivity contribution in [2.24, 2.45) is 0 Å². The van der Waals surface area contributed by atoms with Gasteiger partial charge in [-0.3, -0.25) is 19.7 Å². The largest absolute Gasteiger partial charge is 0.356 e. The second-order valence-electron chi connectivity index (χ2n) is 5.97. The van der Waals surface area contributed by atoms with Crippen molar-refractivity contribution in [2.75, 3.05) is 10.2 Å². The highest BCUT2D eigenvalue weighted by Gasteiger charge is 2.37. The fourth-order valence-corrected chi connectivity index (χ4v) is 2.96. The van der Waals surface area contributed by atoms with Crippen LogP contribution in [0.2, 0.25) is 0 Å². The van der Waals surface area contributed by atoms with E-state index in [0.717, 1.165) is 22.3 Å². The van der Waals surface area contributed by atoms with Crippen LogP contribution < -0.4 is 10.2 Å². The Kier molecular flexibility index (Phi) is 3.89. The second-order valence-corrected chi connectivity index (χ2v) is 5.97. The molecule has 1 heterocycles. The van der Waals surface area contributed by atoms with E-state index in [4.69, 9.17) is 0 Å². The highest BCUT2D eigenvalue weighted by molar-refractivity contribution is 6.34. The molecule has 2 amide bonds. The van der Waals surface area contributed by atoms with E-state index in [1.165, 1.54) is 12.1 Å². The van der Waals surface area contributed by atoms with E-state index in [2.05, 4.69) is 5.32 Å². The molecule has 0 saturated heterocycles. The minimum Gasteiger partial charge on any atom is -0.356 e. The summed E-state index contributed by atoms with van der Waals surface area (Å²) < 4.78 is 0. The first-order valence-electron chi connectivity index (χ1n) is 8.14. The summed E-state index contributed by atoms with van der Waals surface area (Å²) in [6.45, 7) is 0. The van der Waals surface area contributed by atoms with Crippen molar-refractivity contribution < 1.29 is 14.5 Å². The van der Waals surface area contributed by atoms with Crippen molar-refractivity contribution in [3.63, 3.8) is 0 Å². The van der Waals surface area contributed by atoms with Crippen molar-refractivity contribution >= 4 is 34.6 Å². The molecular formula is C20H13N3O4. The Bertz CT molecular complexity index is 1060. The summed E-state index contributed by atoms with van der Waals surface area (Å²) >= 11 is 0. The van der Waals surface area contributed by atoms with Crippen molar-refractivity contribution in [1.29, 1.82) is 0 Å². The zero-order chi connectivity index (χ0) is 19.0. The van der Waals surface area contributed by atoms with Gasteiger partial charge in [0.2, 0.25) is 0 Å². The normalized spacial score (nSPS) is 12.8. The molecule has 0 saturated carbocycles. The highest BCUT2D eigenvalue weighted by Crippen LogP contribution is 2.31. The number of hydrogen-bond acceptors (Lipinski definition) is 5. The van der Waals surface area contributed by atoms with Crippen LogP contribution in [-0.2, 0) is 0 Å². The molecule has 0 unspecified atom stereocenters. The lowest BCUT2D eigenvalue weighted by atomic mass is 10.1. The number of imide groups is 1. The van der Waals surface area contributed by atoms with Crippen LogP contribution in [0.25, 0.3) is 0 Å². The van der Waals surface area contributed by atoms with Gasteiger partial charge in [0, 0.05) is 23.5 Å². The molecule has 1 aliphatic heterocycles. The number of anilines is 3. The number of nitro groups is 1. The lowest BCUT2D eigenvalue weighted by molar-refractivity contribution is -0.384. The van der Waals surface area contributed by atoms with Gasteiger partial charge in [-0.1, -0.05) is 18.2 Å². The van der Waals surface area contributed by atoms with E-state index in [1.54, 1.807) is 24.3 Å². The molecule has 3 aromatic rings. The zero-order valence-corrected chi connectivity index (χ0v) is 14.0. The first-order valence-corrected chi connectivity index (χ1v) is 8.14. The molecule has 0 aliphatic carbocycles. The van der Waals surface area contributed by atoms with E-state index in [9.17, 15) is 19.7 Å². The maximum Gasteiger partial charge on any atom is 0.270 e. The molecule has 7 heteroatoms. The molecule has 0 bridgehead atoms. The summed E-state index contributed by atoms with van der Waals surface area (Å²) in [5.41, 5.74) is 2.11. The number of hydrogen-bond donors (Lipinski definition) is 1. The third-order valence-electron chi connectivity index (χ3n) is 4.27. The summed E-state index contributed by atoms with van der Waals surface area (Å²) in [6.07, 6.45) is 0. The quantitative estimate of drug-likeness (QED) is 0.429. The van der Waals surface area contributed by atoms with Crippen molar-refractivity contribution in [3.8, 4) is 0 Å². The minimum atomic E-state index is -0.593. The Morgan fingerprint density at radius 3 is 2.07 bits per heavy atom. The van der Waals surface area contributed by atoms with E-state index in [0.29, 0.717) is 5.69 Å². The van der Waals surface area contributed by atoms with E-state index in [1.807, 2.05) is 30.3 Å². The van der Waals surface area contributed by atoms with Crippen LogP contribution in [0.3, 0.4) is 0 Å². The number of amides is 2. The van der Waals surface area contributed by atoms with Crippen LogP contribution in [0.4, 0.5) is 22.7 Å². The van der Waals surface area contributed by atoms with Gasteiger partial charge in [-0.05, 0) is 42.5 Å². The summed E-state index contributed by atoms with van der Waals surface area (Å²) in [6, 6.07) is 20.1. The number of benzene rings is 3. The number of fused-ring (bicyclic) bond motifs is 1. The zero-order valence-electron chi connectivity index (χ0n) is 14.0. The highest BCUT2D eigenvalue weighted by atomic mass is 16.6. The number of carbonyl (C=O) groups excluding carboxylic acids is 2. The van der Waals surface area contributed by atoms with Gasteiger partial charge in [0.1, 0.15) is 0 Å². The average molecular weight is 359 g/mol. The smallest absolute Gasteiger partial charge is 0.270 e. The first-order chi connectivity index (χ1) is 13.0. The number of para-hydroxylation sites is 1. The Balaban J connectivity index is 1.61. The van der Waals surface area contributed by atoms with Gasteiger partial charge in [0.15, 0.2) is 0 Å². The molecule has 0 radical (unpaired) electrons. The van der Waals surface area contributed by atoms with Gasteiger partial charge >= 0.3 is 0 Å². The van der Waals surface area contributed by atoms with Gasteiger partial charge in [-0.15, -0.1) is 0 Å². The third-order valence-corrected chi connectivity index (χ3v) is 4.27. The fraction of sp³-hybridized carbons (Fsp3) is 0. The minimum absolute atomic E-state index is 0.0423. The van der Waals surface area contributed by atoms with Crippen LogP contribution in [-0.4, -0.2) is 16.7 Å². The molecule has 1 aliphatic rings. The summed E-state index contributed by atoms with van der Waals surface area (Å²) in [7, 11) is 0. The summed E-state index contributed by atoms with van der Waals surface area (Å²) in [5.74, 6) is -1.06. The SMILES string of the molecule is O=C1c2ccc([N+](=O)[O-])cc2C(=O)N1c1ccc(Nc2ccccc2)cc1. The topological polar surface area (TPSA) is 92.5 Å². The number of rotatable bonds is 4. The number of non-ortho nitro benzene ring substituents is 1. The Morgan fingerprint density at radius 1 is 0.778 bits per heavy atom. The van der Waals surface area contributed by atoms with Crippen LogP contribution in [0.15, 0.2) is 72.8 Å². The molecule has 27 heavy (non-hydrogen) atoms. The van der Waals surface area contributed by atoms with Crippen LogP contribution in [0.5, 0.6) is 0 Å². The van der Waals surface area contributed by atoms with Crippen molar-refractivity contribution in [1.82, 2.24) is 0 Å². The lowest BCUT2D eigenvalue weighted by Gasteiger charge is -2.14. The molecule has 0 atom stereocenters.